The number of hydrogen-bond donors (Lipinski definition) is 2. The average molecular weight is 312 g/mol. The molecule has 21 heavy (non-hydrogen) atoms. The van der Waals surface area contributed by atoms with Crippen LogP contribution in [0.1, 0.15) is 18.4 Å². The molecule has 0 saturated carbocycles. The van der Waals surface area contributed by atoms with Crippen LogP contribution in [0.25, 0.3) is 0 Å². The third-order valence-electron chi connectivity index (χ3n) is 3.51. The minimum Gasteiger partial charge on any atom is -0.346 e. The zero-order chi connectivity index (χ0) is 14.4. The molecule has 3 N–H and O–H groups in total. The number of nitrogens with two attached hydrogens (primary N) is 1. The lowest BCUT2D eigenvalue weighted by Crippen LogP contribution is -2.46. The van der Waals surface area contributed by atoms with Crippen LogP contribution in [-0.2, 0) is 16.0 Å². The third kappa shape index (κ3) is 5.36. The summed E-state index contributed by atoms with van der Waals surface area (Å²) in [5.74, 6) is -0.302. The standard InChI is InChI=1S/C15H21N3O2.ClH/c16-13(10-12-6-2-1-3-7-12)15(20)17-11-14(19)18-8-4-5-9-18;/h1-3,6-7,13H,4-5,8-11,16H2,(H,17,20);1H/t13-;/m0./s1. The molecule has 5 nitrogen and oxygen atoms in total. The highest BCUT2D eigenvalue weighted by Gasteiger charge is 2.20. The summed E-state index contributed by atoms with van der Waals surface area (Å²) < 4.78 is 0. The summed E-state index contributed by atoms with van der Waals surface area (Å²) in [4.78, 5) is 25.4. The van der Waals surface area contributed by atoms with Crippen LogP contribution in [0.2, 0.25) is 0 Å². The van der Waals surface area contributed by atoms with Gasteiger partial charge in [-0.15, -0.1) is 12.4 Å². The van der Waals surface area contributed by atoms with Gasteiger partial charge in [0.05, 0.1) is 12.6 Å². The Kier molecular flexibility index (Phi) is 7.19. The predicted octanol–water partition coefficient (Wildman–Crippen LogP) is 0.717. The Hall–Kier alpha value is -1.59. The Bertz CT molecular complexity index is 461. The van der Waals surface area contributed by atoms with Crippen LogP contribution in [-0.4, -0.2) is 42.4 Å². The molecule has 1 saturated heterocycles. The van der Waals surface area contributed by atoms with E-state index in [1.54, 1.807) is 4.90 Å². The smallest absolute Gasteiger partial charge is 0.241 e. The number of carbonyl (C=O) groups excluding carboxylic acids is 2. The van der Waals surface area contributed by atoms with Crippen LogP contribution in [0.15, 0.2) is 30.3 Å². The molecule has 116 valence electrons. The summed E-state index contributed by atoms with van der Waals surface area (Å²) in [6, 6.07) is 8.99. The van der Waals surface area contributed by atoms with Crippen molar-refractivity contribution in [2.75, 3.05) is 19.6 Å². The molecule has 0 aliphatic carbocycles. The summed E-state index contributed by atoms with van der Waals surface area (Å²) in [5, 5.41) is 2.62. The van der Waals surface area contributed by atoms with Gasteiger partial charge in [0, 0.05) is 13.1 Å². The van der Waals surface area contributed by atoms with Gasteiger partial charge in [-0.2, -0.15) is 0 Å². The molecule has 2 rings (SSSR count). The van der Waals surface area contributed by atoms with Crippen molar-refractivity contribution in [2.24, 2.45) is 5.73 Å². The molecule has 1 heterocycles. The van der Waals surface area contributed by atoms with E-state index < -0.39 is 6.04 Å². The Morgan fingerprint density at radius 2 is 1.81 bits per heavy atom. The van der Waals surface area contributed by atoms with Gasteiger partial charge in [0.2, 0.25) is 11.8 Å². The van der Waals surface area contributed by atoms with Gasteiger partial charge in [-0.3, -0.25) is 9.59 Å². The molecule has 0 aromatic heterocycles. The predicted molar refractivity (Wildman–Crippen MR) is 84.2 cm³/mol. The van der Waals surface area contributed by atoms with Gasteiger partial charge in [0.1, 0.15) is 0 Å². The maximum Gasteiger partial charge on any atom is 0.241 e. The van der Waals surface area contributed by atoms with Crippen molar-refractivity contribution >= 4 is 24.2 Å². The molecule has 0 spiro atoms. The van der Waals surface area contributed by atoms with Crippen LogP contribution in [0, 0.1) is 0 Å². The molecular formula is C15H22ClN3O2. The van der Waals surface area contributed by atoms with E-state index in [1.807, 2.05) is 30.3 Å². The van der Waals surface area contributed by atoms with E-state index in [0.29, 0.717) is 6.42 Å². The molecule has 1 aromatic carbocycles. The summed E-state index contributed by atoms with van der Waals surface area (Å²) in [5.41, 5.74) is 6.87. The molecule has 1 atom stereocenters. The highest BCUT2D eigenvalue weighted by Crippen LogP contribution is 2.07. The molecule has 0 radical (unpaired) electrons. The minimum absolute atomic E-state index is 0. The molecule has 1 aliphatic rings. The number of likely N-dealkylation sites (tertiary alicyclic amines) is 1. The monoisotopic (exact) mass is 311 g/mol. The number of nitrogens with one attached hydrogen (secondary N) is 1. The first-order valence-electron chi connectivity index (χ1n) is 7.02. The van der Waals surface area contributed by atoms with Crippen molar-refractivity contribution in [3.63, 3.8) is 0 Å². The van der Waals surface area contributed by atoms with Crippen LogP contribution in [0.4, 0.5) is 0 Å². The Balaban J connectivity index is 0.00000220. The van der Waals surface area contributed by atoms with E-state index >= 15 is 0 Å². The summed E-state index contributed by atoms with van der Waals surface area (Å²) in [7, 11) is 0. The van der Waals surface area contributed by atoms with Crippen molar-refractivity contribution in [3.05, 3.63) is 35.9 Å². The van der Waals surface area contributed by atoms with Crippen molar-refractivity contribution < 1.29 is 9.59 Å². The fourth-order valence-corrected chi connectivity index (χ4v) is 2.33. The van der Waals surface area contributed by atoms with Crippen LogP contribution in [0.3, 0.4) is 0 Å². The number of nitrogens with zero attached hydrogens (tertiary/aromatic N) is 1. The summed E-state index contributed by atoms with van der Waals surface area (Å²) in [6.07, 6.45) is 2.57. The zero-order valence-electron chi connectivity index (χ0n) is 12.0. The second kappa shape index (κ2) is 8.64. The van der Waals surface area contributed by atoms with Crippen LogP contribution < -0.4 is 11.1 Å². The number of rotatable bonds is 5. The molecule has 0 unspecified atom stereocenters. The molecule has 2 amide bonds. The van der Waals surface area contributed by atoms with Gasteiger partial charge in [-0.05, 0) is 24.8 Å². The van der Waals surface area contributed by atoms with Gasteiger partial charge >= 0.3 is 0 Å². The number of amides is 2. The fourth-order valence-electron chi connectivity index (χ4n) is 2.33. The van der Waals surface area contributed by atoms with Crippen LogP contribution >= 0.6 is 12.4 Å². The minimum atomic E-state index is -0.622. The van der Waals surface area contributed by atoms with Crippen molar-refractivity contribution in [2.45, 2.75) is 25.3 Å². The van der Waals surface area contributed by atoms with Crippen molar-refractivity contribution in [1.29, 1.82) is 0 Å². The third-order valence-corrected chi connectivity index (χ3v) is 3.51. The van der Waals surface area contributed by atoms with Gasteiger partial charge in [-0.25, -0.2) is 0 Å². The summed E-state index contributed by atoms with van der Waals surface area (Å²) in [6.45, 7) is 1.64. The van der Waals surface area contributed by atoms with E-state index in [2.05, 4.69) is 5.32 Å². The Labute approximate surface area is 131 Å². The Morgan fingerprint density at radius 3 is 2.43 bits per heavy atom. The number of halogens is 1. The highest BCUT2D eigenvalue weighted by atomic mass is 35.5. The van der Waals surface area contributed by atoms with Gasteiger partial charge in [0.25, 0.3) is 0 Å². The first kappa shape index (κ1) is 17.5. The second-order valence-corrected chi connectivity index (χ2v) is 5.10. The Morgan fingerprint density at radius 1 is 1.19 bits per heavy atom. The summed E-state index contributed by atoms with van der Waals surface area (Å²) >= 11 is 0. The second-order valence-electron chi connectivity index (χ2n) is 5.10. The lowest BCUT2D eigenvalue weighted by molar-refractivity contribution is -0.132. The first-order chi connectivity index (χ1) is 9.66. The molecular weight excluding hydrogens is 290 g/mol. The number of hydrogen-bond acceptors (Lipinski definition) is 3. The van der Waals surface area contributed by atoms with Crippen molar-refractivity contribution in [1.82, 2.24) is 10.2 Å². The fraction of sp³-hybridized carbons (Fsp3) is 0.467. The average Bonchev–Trinajstić information content (AvgIpc) is 2.99. The van der Waals surface area contributed by atoms with E-state index in [-0.39, 0.29) is 30.8 Å². The van der Waals surface area contributed by atoms with E-state index in [0.717, 1.165) is 31.5 Å². The lowest BCUT2D eigenvalue weighted by Gasteiger charge is -2.17. The molecule has 0 bridgehead atoms. The van der Waals surface area contributed by atoms with Crippen molar-refractivity contribution in [3.8, 4) is 0 Å². The SMILES string of the molecule is Cl.N[C@@H](Cc1ccccc1)C(=O)NCC(=O)N1CCCC1. The topological polar surface area (TPSA) is 75.4 Å². The first-order valence-corrected chi connectivity index (χ1v) is 7.02. The molecule has 1 aromatic rings. The molecule has 1 fully saturated rings. The van der Waals surface area contributed by atoms with Gasteiger partial charge in [-0.1, -0.05) is 30.3 Å². The highest BCUT2D eigenvalue weighted by molar-refractivity contribution is 5.87. The number of carbonyl (C=O) groups is 2. The van der Waals surface area contributed by atoms with E-state index in [9.17, 15) is 9.59 Å². The maximum atomic E-state index is 11.9. The lowest BCUT2D eigenvalue weighted by atomic mass is 10.1. The van der Waals surface area contributed by atoms with Gasteiger partial charge < -0.3 is 16.0 Å². The maximum absolute atomic E-state index is 11.9. The van der Waals surface area contributed by atoms with E-state index in [4.69, 9.17) is 5.73 Å². The largest absolute Gasteiger partial charge is 0.346 e. The molecule has 6 heteroatoms. The van der Waals surface area contributed by atoms with E-state index in [1.165, 1.54) is 0 Å². The zero-order valence-corrected chi connectivity index (χ0v) is 12.8. The molecule has 1 aliphatic heterocycles. The number of benzene rings is 1. The normalized spacial score (nSPS) is 15.2. The van der Waals surface area contributed by atoms with Gasteiger partial charge in [0.15, 0.2) is 0 Å². The quantitative estimate of drug-likeness (QED) is 0.841. The van der Waals surface area contributed by atoms with Crippen LogP contribution in [0.5, 0.6) is 0 Å².